The van der Waals surface area contributed by atoms with Crippen molar-refractivity contribution >= 4 is 78.0 Å². The van der Waals surface area contributed by atoms with Crippen molar-refractivity contribution in [1.82, 2.24) is 0 Å². The molecule has 6 aromatic rings. The Bertz CT molecular complexity index is 3210. The Morgan fingerprint density at radius 2 is 1.03 bits per heavy atom. The van der Waals surface area contributed by atoms with Gasteiger partial charge < -0.3 is 9.80 Å². The molecule has 0 atom stereocenters. The van der Waals surface area contributed by atoms with Gasteiger partial charge in [-0.05, 0) is 212 Å². The minimum absolute atomic E-state index is 0.0588. The van der Waals surface area contributed by atoms with Crippen LogP contribution in [-0.4, -0.2) is 6.71 Å². The molecule has 370 valence electrons. The third-order valence-electron chi connectivity index (χ3n) is 20.1. The average Bonchev–Trinajstić information content (AvgIpc) is 3.68. The molecule has 1 saturated carbocycles. The predicted octanol–water partition coefficient (Wildman–Crippen LogP) is 17.7. The number of nitrogens with zero attached hydrogens (tertiary/aromatic N) is 2. The Kier molecular flexibility index (Phi) is 10.3. The largest absolute Gasteiger partial charge is 0.311 e. The molecule has 5 aromatic carbocycles. The van der Waals surface area contributed by atoms with Gasteiger partial charge in [-0.15, -0.1) is 11.3 Å². The van der Waals surface area contributed by atoms with Crippen molar-refractivity contribution in [3.05, 3.63) is 123 Å². The van der Waals surface area contributed by atoms with Gasteiger partial charge in [0.15, 0.2) is 0 Å². The number of benzene rings is 5. The van der Waals surface area contributed by atoms with Gasteiger partial charge in [0.2, 0.25) is 0 Å². The standard InChI is InChI=1S/C67H83BN2S/c1-40-32-43(61(2,3)4)22-25-53(40)70-54-38-50-49(65(11,12)29-30-66(50,13)14)37-52(54)68-58-55(33-42(34-56(58)70)41-20-18-17-19-21-41)69(44-23-24-46-47(35-44)63(7,8)27-26-62(46,5)6)59-45-36-48-51(39-57(45)71-60(59)68)67(15,16)31-28-64(48,9)10/h22-25,32-39,41H,17-21,26-31H2,1-16H3. The molecular formula is C67H83BN2S. The summed E-state index contributed by atoms with van der Waals surface area (Å²) in [6.07, 6.45) is 13.7. The van der Waals surface area contributed by atoms with Crippen LogP contribution in [0.15, 0.2) is 72.8 Å². The van der Waals surface area contributed by atoms with Gasteiger partial charge in [0.25, 0.3) is 6.71 Å². The van der Waals surface area contributed by atoms with Gasteiger partial charge in [-0.2, -0.15) is 0 Å². The summed E-state index contributed by atoms with van der Waals surface area (Å²) in [7, 11) is 0. The Hall–Kier alpha value is -4.28. The van der Waals surface area contributed by atoms with E-state index in [1.54, 1.807) is 22.3 Å². The molecule has 0 N–H and O–H groups in total. The Morgan fingerprint density at radius 3 is 1.61 bits per heavy atom. The van der Waals surface area contributed by atoms with E-state index in [4.69, 9.17) is 0 Å². The van der Waals surface area contributed by atoms with Gasteiger partial charge in [-0.1, -0.05) is 147 Å². The maximum absolute atomic E-state index is 2.84. The Morgan fingerprint density at radius 1 is 0.507 bits per heavy atom. The number of hydrogen-bond acceptors (Lipinski definition) is 3. The van der Waals surface area contributed by atoms with E-state index in [0.29, 0.717) is 5.92 Å². The SMILES string of the molecule is Cc1cc(C(C)(C)C)ccc1N1c2cc3c(cc2B2c4sc5cc6c(cc5c4N(c4ccc5c(c4)C(C)(C)CCC5(C)C)c4cc(C5CCCCC5)cc1c42)C(C)(C)CCC6(C)C)C(C)(C)CCC3(C)C. The molecular weight excluding hydrogens is 876 g/mol. The van der Waals surface area contributed by atoms with Crippen molar-refractivity contribution in [3.8, 4) is 0 Å². The van der Waals surface area contributed by atoms with E-state index in [9.17, 15) is 0 Å². The molecule has 71 heavy (non-hydrogen) atoms. The molecule has 1 fully saturated rings. The van der Waals surface area contributed by atoms with Crippen molar-refractivity contribution in [3.63, 3.8) is 0 Å². The lowest BCUT2D eigenvalue weighted by atomic mass is 9.35. The summed E-state index contributed by atoms with van der Waals surface area (Å²) < 4.78 is 2.96. The van der Waals surface area contributed by atoms with Crippen LogP contribution in [0.3, 0.4) is 0 Å². The lowest BCUT2D eigenvalue weighted by Crippen LogP contribution is -2.61. The summed E-state index contributed by atoms with van der Waals surface area (Å²) >= 11 is 2.12. The van der Waals surface area contributed by atoms with Crippen LogP contribution in [0, 0.1) is 6.92 Å². The molecule has 0 saturated heterocycles. The van der Waals surface area contributed by atoms with Crippen molar-refractivity contribution in [2.45, 2.75) is 225 Å². The Balaban J connectivity index is 1.24. The van der Waals surface area contributed by atoms with Crippen LogP contribution in [0.1, 0.15) is 230 Å². The zero-order chi connectivity index (χ0) is 50.3. The summed E-state index contributed by atoms with van der Waals surface area (Å²) in [6, 6.07) is 31.5. The van der Waals surface area contributed by atoms with E-state index in [-0.39, 0.29) is 44.6 Å². The molecule has 0 radical (unpaired) electrons. The number of anilines is 6. The Labute approximate surface area is 433 Å². The van der Waals surface area contributed by atoms with E-state index in [1.807, 2.05) is 0 Å². The fraction of sp³-hybridized carbons (Fsp3) is 0.522. The van der Waals surface area contributed by atoms with Gasteiger partial charge in [0.1, 0.15) is 0 Å². The van der Waals surface area contributed by atoms with Crippen molar-refractivity contribution < 1.29 is 0 Å². The number of hydrogen-bond donors (Lipinski definition) is 0. The lowest BCUT2D eigenvalue weighted by Gasteiger charge is -2.48. The second-order valence-electron chi connectivity index (χ2n) is 28.9. The second-order valence-corrected chi connectivity index (χ2v) is 29.9. The molecule has 12 rings (SSSR count). The summed E-state index contributed by atoms with van der Waals surface area (Å²) in [5, 5.41) is 1.44. The fourth-order valence-electron chi connectivity index (χ4n) is 14.9. The van der Waals surface area contributed by atoms with Crippen LogP contribution >= 0.6 is 11.3 Å². The number of rotatable bonds is 3. The van der Waals surface area contributed by atoms with Gasteiger partial charge >= 0.3 is 0 Å². The summed E-state index contributed by atoms with van der Waals surface area (Å²) in [6.45, 7) is 39.7. The minimum atomic E-state index is 0.0588. The van der Waals surface area contributed by atoms with Crippen LogP contribution < -0.4 is 25.5 Å². The number of fused-ring (bicyclic) bond motifs is 9. The van der Waals surface area contributed by atoms with Crippen molar-refractivity contribution in [2.75, 3.05) is 9.80 Å². The molecule has 0 spiro atoms. The maximum atomic E-state index is 2.84. The quantitative estimate of drug-likeness (QED) is 0.163. The van der Waals surface area contributed by atoms with Crippen molar-refractivity contribution in [2.24, 2.45) is 0 Å². The lowest BCUT2D eigenvalue weighted by molar-refractivity contribution is 0.332. The highest BCUT2D eigenvalue weighted by Crippen LogP contribution is 2.56. The molecule has 0 unspecified atom stereocenters. The zero-order valence-corrected chi connectivity index (χ0v) is 47.5. The first-order valence-electron chi connectivity index (χ1n) is 28.0. The summed E-state index contributed by atoms with van der Waals surface area (Å²) in [5.74, 6) is 0.542. The molecule has 4 heteroatoms. The third kappa shape index (κ3) is 7.19. The van der Waals surface area contributed by atoms with Crippen LogP contribution in [0.25, 0.3) is 10.1 Å². The first-order valence-corrected chi connectivity index (χ1v) is 28.8. The predicted molar refractivity (Wildman–Crippen MR) is 311 cm³/mol. The van der Waals surface area contributed by atoms with Gasteiger partial charge in [0, 0.05) is 43.3 Å². The highest BCUT2D eigenvalue weighted by molar-refractivity contribution is 7.33. The molecule has 2 aliphatic heterocycles. The van der Waals surface area contributed by atoms with E-state index >= 15 is 0 Å². The summed E-state index contributed by atoms with van der Waals surface area (Å²) in [4.78, 5) is 5.63. The van der Waals surface area contributed by atoms with Crippen LogP contribution in [-0.2, 0) is 37.9 Å². The molecule has 1 aromatic heterocycles. The number of aryl methyl sites for hydroxylation is 1. The molecule has 3 heterocycles. The van der Waals surface area contributed by atoms with E-state index in [2.05, 4.69) is 205 Å². The molecule has 0 amide bonds. The maximum Gasteiger partial charge on any atom is 0.264 e. The smallest absolute Gasteiger partial charge is 0.264 e. The van der Waals surface area contributed by atoms with E-state index in [1.165, 1.54) is 158 Å². The second kappa shape index (κ2) is 15.4. The monoisotopic (exact) mass is 959 g/mol. The van der Waals surface area contributed by atoms with Crippen LogP contribution in [0.2, 0.25) is 0 Å². The first-order chi connectivity index (χ1) is 33.2. The highest BCUT2D eigenvalue weighted by Gasteiger charge is 2.50. The number of thiophene rings is 1. The molecule has 0 bridgehead atoms. The van der Waals surface area contributed by atoms with Crippen LogP contribution in [0.5, 0.6) is 0 Å². The minimum Gasteiger partial charge on any atom is -0.311 e. The summed E-state index contributed by atoms with van der Waals surface area (Å²) in [5.41, 5.74) is 25.5. The molecule has 2 nitrogen and oxygen atoms in total. The van der Waals surface area contributed by atoms with E-state index < -0.39 is 0 Å². The normalized spacial score (nSPS) is 22.0. The molecule has 4 aliphatic carbocycles. The van der Waals surface area contributed by atoms with Crippen molar-refractivity contribution in [1.29, 1.82) is 0 Å². The van der Waals surface area contributed by atoms with E-state index in [0.717, 1.165) is 0 Å². The average molecular weight is 959 g/mol. The van der Waals surface area contributed by atoms with Gasteiger partial charge in [0.05, 0.1) is 5.69 Å². The zero-order valence-electron chi connectivity index (χ0n) is 46.7. The van der Waals surface area contributed by atoms with Gasteiger partial charge in [-0.25, -0.2) is 0 Å². The third-order valence-corrected chi connectivity index (χ3v) is 21.3. The van der Waals surface area contributed by atoms with Gasteiger partial charge in [-0.3, -0.25) is 0 Å². The fourth-order valence-corrected chi connectivity index (χ4v) is 16.2. The highest BCUT2D eigenvalue weighted by atomic mass is 32.1. The first kappa shape index (κ1) is 47.7. The topological polar surface area (TPSA) is 6.48 Å². The molecule has 6 aliphatic rings. The van der Waals surface area contributed by atoms with Crippen LogP contribution in [0.4, 0.5) is 34.1 Å².